The van der Waals surface area contributed by atoms with Crippen LogP contribution in [0.4, 0.5) is 0 Å². The first kappa shape index (κ1) is 11.5. The topological polar surface area (TPSA) is 33.0 Å². The van der Waals surface area contributed by atoms with Crippen LogP contribution >= 0.6 is 0 Å². The molecule has 1 aromatic carbocycles. The lowest BCUT2D eigenvalue weighted by atomic mass is 10.1. The van der Waals surface area contributed by atoms with Crippen molar-refractivity contribution in [3.63, 3.8) is 0 Å². The highest BCUT2D eigenvalue weighted by atomic mass is 16.5. The average molecular weight is 201 g/mol. The number of unbranched alkanes of at least 4 members (excludes halogenated alkanes) is 1. The van der Waals surface area contributed by atoms with Crippen LogP contribution in [-0.4, -0.2) is 6.61 Å². The molecule has 0 aliphatic heterocycles. The van der Waals surface area contributed by atoms with Crippen LogP contribution in [0.2, 0.25) is 0 Å². The van der Waals surface area contributed by atoms with Gasteiger partial charge in [0.2, 0.25) is 0 Å². The van der Waals surface area contributed by atoms with E-state index in [1.165, 1.54) is 0 Å². The second kappa shape index (κ2) is 6.80. The third kappa shape index (κ3) is 3.97. The number of nitrogens with zero attached hydrogens (tertiary/aromatic N) is 1. The number of ether oxygens (including phenoxy) is 1. The van der Waals surface area contributed by atoms with Gasteiger partial charge in [-0.15, -0.1) is 6.58 Å². The number of allylic oxidation sites excluding steroid dienone is 1. The number of rotatable bonds is 6. The molecule has 0 saturated carbocycles. The third-order valence-corrected chi connectivity index (χ3v) is 2.09. The van der Waals surface area contributed by atoms with Crippen molar-refractivity contribution >= 4 is 0 Å². The van der Waals surface area contributed by atoms with E-state index in [0.29, 0.717) is 18.8 Å². The van der Waals surface area contributed by atoms with E-state index < -0.39 is 0 Å². The first-order chi connectivity index (χ1) is 7.38. The quantitative estimate of drug-likeness (QED) is 0.523. The first-order valence-corrected chi connectivity index (χ1v) is 5.05. The number of hydrogen-bond donors (Lipinski definition) is 0. The predicted octanol–water partition coefficient (Wildman–Crippen LogP) is 3.04. The summed E-state index contributed by atoms with van der Waals surface area (Å²) in [7, 11) is 0. The van der Waals surface area contributed by atoms with E-state index in [9.17, 15) is 0 Å². The maximum absolute atomic E-state index is 8.84. The van der Waals surface area contributed by atoms with Gasteiger partial charge in [-0.2, -0.15) is 5.26 Å². The molecule has 78 valence electrons. The van der Waals surface area contributed by atoms with Crippen LogP contribution in [0.25, 0.3) is 0 Å². The number of hydrogen-bond acceptors (Lipinski definition) is 2. The lowest BCUT2D eigenvalue weighted by Crippen LogP contribution is -1.97. The summed E-state index contributed by atoms with van der Waals surface area (Å²) in [6.07, 6.45) is 3.84. The third-order valence-electron chi connectivity index (χ3n) is 2.09. The van der Waals surface area contributed by atoms with Crippen LogP contribution in [0.3, 0.4) is 0 Å². The largest absolute Gasteiger partial charge is 0.377 e. The van der Waals surface area contributed by atoms with E-state index in [1.807, 2.05) is 30.3 Å². The van der Waals surface area contributed by atoms with Crippen LogP contribution in [0.15, 0.2) is 36.9 Å². The van der Waals surface area contributed by atoms with E-state index in [4.69, 9.17) is 10.00 Å². The molecule has 0 N–H and O–H groups in total. The average Bonchev–Trinajstić information content (AvgIpc) is 2.29. The van der Waals surface area contributed by atoms with Crippen molar-refractivity contribution in [1.82, 2.24) is 0 Å². The Morgan fingerprint density at radius 1 is 1.40 bits per heavy atom. The Morgan fingerprint density at radius 3 is 2.93 bits per heavy atom. The van der Waals surface area contributed by atoms with Crippen LogP contribution in [0.1, 0.15) is 24.0 Å². The van der Waals surface area contributed by atoms with Crippen molar-refractivity contribution in [2.75, 3.05) is 6.61 Å². The second-order valence-electron chi connectivity index (χ2n) is 3.25. The highest BCUT2D eigenvalue weighted by Gasteiger charge is 1.99. The van der Waals surface area contributed by atoms with Crippen molar-refractivity contribution in [2.24, 2.45) is 0 Å². The molecular formula is C13H15NO. The fourth-order valence-corrected chi connectivity index (χ4v) is 1.27. The van der Waals surface area contributed by atoms with E-state index >= 15 is 0 Å². The molecule has 0 unspecified atom stereocenters. The fourth-order valence-electron chi connectivity index (χ4n) is 1.27. The Kier molecular flexibility index (Phi) is 5.21. The van der Waals surface area contributed by atoms with Gasteiger partial charge in [0.25, 0.3) is 0 Å². The maximum Gasteiger partial charge on any atom is 0.0995 e. The van der Waals surface area contributed by atoms with Crippen LogP contribution < -0.4 is 0 Å². The van der Waals surface area contributed by atoms with Crippen LogP contribution in [0.5, 0.6) is 0 Å². The van der Waals surface area contributed by atoms with Gasteiger partial charge in [0.15, 0.2) is 0 Å². The minimum absolute atomic E-state index is 0.515. The van der Waals surface area contributed by atoms with Crippen molar-refractivity contribution in [3.8, 4) is 6.07 Å². The summed E-state index contributed by atoms with van der Waals surface area (Å²) < 4.78 is 5.47. The molecule has 0 amide bonds. The van der Waals surface area contributed by atoms with Crippen LogP contribution in [0, 0.1) is 11.3 Å². The molecular weight excluding hydrogens is 186 g/mol. The molecule has 0 radical (unpaired) electrons. The number of benzene rings is 1. The van der Waals surface area contributed by atoms with Gasteiger partial charge in [0.05, 0.1) is 18.2 Å². The summed E-state index contributed by atoms with van der Waals surface area (Å²) in [5.74, 6) is 0. The van der Waals surface area contributed by atoms with E-state index in [-0.39, 0.29) is 0 Å². The summed E-state index contributed by atoms with van der Waals surface area (Å²) >= 11 is 0. The molecule has 0 aliphatic carbocycles. The van der Waals surface area contributed by atoms with E-state index in [1.54, 1.807) is 0 Å². The minimum atomic E-state index is 0.515. The molecule has 0 aromatic heterocycles. The SMILES string of the molecule is C=CCCCOCc1ccccc1C#N. The van der Waals surface area contributed by atoms with Gasteiger partial charge >= 0.3 is 0 Å². The summed E-state index contributed by atoms with van der Waals surface area (Å²) in [6, 6.07) is 9.66. The van der Waals surface area contributed by atoms with Crippen molar-refractivity contribution in [3.05, 3.63) is 48.0 Å². The van der Waals surface area contributed by atoms with Crippen LogP contribution in [-0.2, 0) is 11.3 Å². The first-order valence-electron chi connectivity index (χ1n) is 5.05. The number of nitriles is 1. The molecule has 0 heterocycles. The normalized spacial score (nSPS) is 9.53. The molecule has 0 atom stereocenters. The summed E-state index contributed by atoms with van der Waals surface area (Å²) in [5, 5.41) is 8.84. The van der Waals surface area contributed by atoms with Gasteiger partial charge in [-0.25, -0.2) is 0 Å². The fraction of sp³-hybridized carbons (Fsp3) is 0.308. The molecule has 1 aromatic rings. The molecule has 1 rings (SSSR count). The monoisotopic (exact) mass is 201 g/mol. The smallest absolute Gasteiger partial charge is 0.0995 e. The summed E-state index contributed by atoms with van der Waals surface area (Å²) in [6.45, 7) is 4.87. The molecule has 2 nitrogen and oxygen atoms in total. The Labute approximate surface area is 90.8 Å². The zero-order chi connectivity index (χ0) is 10.9. The summed E-state index contributed by atoms with van der Waals surface area (Å²) in [4.78, 5) is 0. The zero-order valence-corrected chi connectivity index (χ0v) is 8.78. The molecule has 0 saturated heterocycles. The second-order valence-corrected chi connectivity index (χ2v) is 3.25. The lowest BCUT2D eigenvalue weighted by molar-refractivity contribution is 0.119. The van der Waals surface area contributed by atoms with Gasteiger partial charge in [-0.3, -0.25) is 0 Å². The van der Waals surface area contributed by atoms with Gasteiger partial charge < -0.3 is 4.74 Å². The van der Waals surface area contributed by atoms with Gasteiger partial charge in [0, 0.05) is 6.61 Å². The standard InChI is InChI=1S/C13H15NO/c1-2-3-6-9-15-11-13-8-5-4-7-12(13)10-14/h2,4-5,7-8H,1,3,6,9,11H2. The molecule has 0 fully saturated rings. The zero-order valence-electron chi connectivity index (χ0n) is 8.78. The molecule has 0 spiro atoms. The molecule has 0 aliphatic rings. The van der Waals surface area contributed by atoms with E-state index in [2.05, 4.69) is 12.6 Å². The summed E-state index contributed by atoms with van der Waals surface area (Å²) in [5.41, 5.74) is 1.65. The maximum atomic E-state index is 8.84. The Morgan fingerprint density at radius 2 is 2.20 bits per heavy atom. The lowest BCUT2D eigenvalue weighted by Gasteiger charge is -2.04. The van der Waals surface area contributed by atoms with Crippen molar-refractivity contribution < 1.29 is 4.74 Å². The Hall–Kier alpha value is -1.59. The molecule has 2 heteroatoms. The van der Waals surface area contributed by atoms with Gasteiger partial charge in [-0.05, 0) is 24.5 Å². The van der Waals surface area contributed by atoms with Gasteiger partial charge in [-0.1, -0.05) is 24.3 Å². The molecule has 15 heavy (non-hydrogen) atoms. The Bertz CT molecular complexity index is 352. The predicted molar refractivity (Wildman–Crippen MR) is 60.2 cm³/mol. The molecule has 0 bridgehead atoms. The van der Waals surface area contributed by atoms with E-state index in [0.717, 1.165) is 18.4 Å². The van der Waals surface area contributed by atoms with Crippen molar-refractivity contribution in [2.45, 2.75) is 19.4 Å². The van der Waals surface area contributed by atoms with Gasteiger partial charge in [0.1, 0.15) is 0 Å². The highest BCUT2D eigenvalue weighted by Crippen LogP contribution is 2.08. The minimum Gasteiger partial charge on any atom is -0.377 e. The highest BCUT2D eigenvalue weighted by molar-refractivity contribution is 5.36. The van der Waals surface area contributed by atoms with Crippen molar-refractivity contribution in [1.29, 1.82) is 5.26 Å². The Balaban J connectivity index is 2.37.